The van der Waals surface area contributed by atoms with Crippen LogP contribution in [0.2, 0.25) is 0 Å². The third-order valence-corrected chi connectivity index (χ3v) is 8.67. The molecule has 44 heavy (non-hydrogen) atoms. The molecule has 0 nitrogen and oxygen atoms in total. The van der Waals surface area contributed by atoms with Crippen molar-refractivity contribution in [3.05, 3.63) is 182 Å². The van der Waals surface area contributed by atoms with Crippen molar-refractivity contribution >= 4 is 21.5 Å². The minimum Gasteiger partial charge on any atom is -0.0622 e. The first-order valence-electron chi connectivity index (χ1n) is 15.2. The van der Waals surface area contributed by atoms with Crippen LogP contribution < -0.4 is 0 Å². The Balaban J connectivity index is 1.42. The molecule has 0 saturated carbocycles. The smallest absolute Gasteiger partial charge is 0.00261 e. The van der Waals surface area contributed by atoms with Gasteiger partial charge < -0.3 is 0 Å². The lowest BCUT2D eigenvalue weighted by atomic mass is 9.84. The Morgan fingerprint density at radius 1 is 0.205 bits per heavy atom. The van der Waals surface area contributed by atoms with E-state index in [1.54, 1.807) is 0 Å². The Hall–Kier alpha value is -5.72. The van der Waals surface area contributed by atoms with Crippen LogP contribution >= 0.6 is 0 Å². The van der Waals surface area contributed by atoms with Gasteiger partial charge in [-0.05, 0) is 89.3 Å². The molecule has 0 heteroatoms. The third kappa shape index (κ3) is 4.58. The minimum atomic E-state index is 1.21. The lowest BCUT2D eigenvalue weighted by Crippen LogP contribution is -1.92. The van der Waals surface area contributed by atoms with Crippen molar-refractivity contribution in [2.24, 2.45) is 0 Å². The zero-order valence-electron chi connectivity index (χ0n) is 24.3. The van der Waals surface area contributed by atoms with Crippen molar-refractivity contribution < 1.29 is 0 Å². The molecule has 0 aliphatic carbocycles. The molecule has 8 aromatic rings. The second kappa shape index (κ2) is 11.2. The normalized spacial score (nSPS) is 11.2. The van der Waals surface area contributed by atoms with Crippen LogP contribution in [-0.4, -0.2) is 0 Å². The molecule has 0 aliphatic rings. The number of hydrogen-bond donors (Lipinski definition) is 0. The van der Waals surface area contributed by atoms with Crippen LogP contribution in [0.4, 0.5) is 0 Å². The quantitative estimate of drug-likeness (QED) is 0.184. The molecule has 0 N–H and O–H groups in total. The van der Waals surface area contributed by atoms with Crippen LogP contribution in [0.1, 0.15) is 0 Å². The van der Waals surface area contributed by atoms with Crippen LogP contribution in [-0.2, 0) is 0 Å². The molecule has 0 aromatic heterocycles. The van der Waals surface area contributed by atoms with E-state index in [0.717, 1.165) is 0 Å². The number of fused-ring (bicyclic) bond motifs is 2. The number of benzene rings is 8. The number of rotatable bonds is 5. The van der Waals surface area contributed by atoms with Gasteiger partial charge in [0.15, 0.2) is 0 Å². The first kappa shape index (κ1) is 25.9. The van der Waals surface area contributed by atoms with Gasteiger partial charge in [0.2, 0.25) is 0 Å². The molecule has 0 bridgehead atoms. The first-order chi connectivity index (χ1) is 21.8. The molecule has 0 fully saturated rings. The van der Waals surface area contributed by atoms with Crippen molar-refractivity contribution in [2.45, 2.75) is 0 Å². The summed E-state index contributed by atoms with van der Waals surface area (Å²) in [4.78, 5) is 0. The largest absolute Gasteiger partial charge is 0.0622 e. The van der Waals surface area contributed by atoms with E-state index in [0.29, 0.717) is 0 Å². The van der Waals surface area contributed by atoms with Gasteiger partial charge in [-0.3, -0.25) is 0 Å². The van der Waals surface area contributed by atoms with Crippen molar-refractivity contribution in [1.29, 1.82) is 0 Å². The Labute approximate surface area is 258 Å². The molecule has 0 unspecified atom stereocenters. The summed E-state index contributed by atoms with van der Waals surface area (Å²) in [5.74, 6) is 0. The molecule has 0 atom stereocenters. The molecule has 0 aliphatic heterocycles. The summed E-state index contributed by atoms with van der Waals surface area (Å²) in [5, 5.41) is 5.07. The van der Waals surface area contributed by atoms with E-state index < -0.39 is 0 Å². The zero-order valence-corrected chi connectivity index (χ0v) is 24.3. The molecule has 0 saturated heterocycles. The van der Waals surface area contributed by atoms with E-state index in [-0.39, 0.29) is 0 Å². The Bertz CT molecular complexity index is 2190. The first-order valence-corrected chi connectivity index (χ1v) is 15.2. The lowest BCUT2D eigenvalue weighted by molar-refractivity contribution is 1.56. The molecule has 0 spiro atoms. The summed E-state index contributed by atoms with van der Waals surface area (Å²) in [5.41, 5.74) is 12.3. The molecule has 8 rings (SSSR count). The Morgan fingerprint density at radius 3 is 1.20 bits per heavy atom. The molecule has 0 amide bonds. The summed E-state index contributed by atoms with van der Waals surface area (Å²) in [6.45, 7) is 0. The van der Waals surface area contributed by atoms with Crippen molar-refractivity contribution in [2.75, 3.05) is 0 Å². The fourth-order valence-electron chi connectivity index (χ4n) is 6.66. The maximum Gasteiger partial charge on any atom is -0.00261 e. The standard InChI is InChI=1S/C44H30/c1-4-15-31(16-5-1)34-21-14-22-35(29-34)42-30-36(27-28-37(42)32-17-6-2-7-18-32)44-40-25-12-10-23-38(40)43(33-19-8-3-9-20-33)39-24-11-13-26-41(39)44/h1-30H. The summed E-state index contributed by atoms with van der Waals surface area (Å²) < 4.78 is 0. The molecule has 0 radical (unpaired) electrons. The molecule has 8 aromatic carbocycles. The molecular formula is C44H30. The number of hydrogen-bond acceptors (Lipinski definition) is 0. The summed E-state index contributed by atoms with van der Waals surface area (Å²) in [6.07, 6.45) is 0. The monoisotopic (exact) mass is 558 g/mol. The van der Waals surface area contributed by atoms with Gasteiger partial charge in [-0.15, -0.1) is 0 Å². The summed E-state index contributed by atoms with van der Waals surface area (Å²) in [7, 11) is 0. The topological polar surface area (TPSA) is 0 Å². The second-order valence-corrected chi connectivity index (χ2v) is 11.3. The Morgan fingerprint density at radius 2 is 0.636 bits per heavy atom. The lowest BCUT2D eigenvalue weighted by Gasteiger charge is -2.19. The highest BCUT2D eigenvalue weighted by molar-refractivity contribution is 6.21. The van der Waals surface area contributed by atoms with Gasteiger partial charge in [-0.2, -0.15) is 0 Å². The summed E-state index contributed by atoms with van der Waals surface area (Å²) >= 11 is 0. The summed E-state index contributed by atoms with van der Waals surface area (Å²) in [6, 6.07) is 65.9. The van der Waals surface area contributed by atoms with Gasteiger partial charge in [-0.1, -0.05) is 170 Å². The highest BCUT2D eigenvalue weighted by Crippen LogP contribution is 2.45. The van der Waals surface area contributed by atoms with Gasteiger partial charge >= 0.3 is 0 Å². The Kier molecular flexibility index (Phi) is 6.59. The van der Waals surface area contributed by atoms with Crippen LogP contribution in [0, 0.1) is 0 Å². The van der Waals surface area contributed by atoms with E-state index in [1.807, 2.05) is 0 Å². The van der Waals surface area contributed by atoms with E-state index in [4.69, 9.17) is 0 Å². The average Bonchev–Trinajstić information content (AvgIpc) is 3.11. The van der Waals surface area contributed by atoms with Gasteiger partial charge in [0.1, 0.15) is 0 Å². The van der Waals surface area contributed by atoms with Crippen molar-refractivity contribution in [1.82, 2.24) is 0 Å². The molecular weight excluding hydrogens is 528 g/mol. The van der Waals surface area contributed by atoms with Crippen molar-refractivity contribution in [3.8, 4) is 55.6 Å². The predicted molar refractivity (Wildman–Crippen MR) is 189 cm³/mol. The average molecular weight is 559 g/mol. The molecule has 0 heterocycles. The van der Waals surface area contributed by atoms with Gasteiger partial charge in [0.25, 0.3) is 0 Å². The molecule has 206 valence electrons. The zero-order chi connectivity index (χ0) is 29.3. The van der Waals surface area contributed by atoms with E-state index in [2.05, 4.69) is 182 Å². The SMILES string of the molecule is c1ccc(-c2cccc(-c3cc(-c4c5ccccc5c(-c5ccccc5)c5ccccc45)ccc3-c3ccccc3)c2)cc1. The highest BCUT2D eigenvalue weighted by Gasteiger charge is 2.18. The maximum absolute atomic E-state index is 2.41. The second-order valence-electron chi connectivity index (χ2n) is 11.3. The minimum absolute atomic E-state index is 1.21. The predicted octanol–water partition coefficient (Wildman–Crippen LogP) is 12.3. The van der Waals surface area contributed by atoms with E-state index >= 15 is 0 Å². The van der Waals surface area contributed by atoms with Gasteiger partial charge in [0.05, 0.1) is 0 Å². The fraction of sp³-hybridized carbons (Fsp3) is 0. The van der Waals surface area contributed by atoms with Crippen LogP contribution in [0.25, 0.3) is 77.2 Å². The third-order valence-electron chi connectivity index (χ3n) is 8.67. The van der Waals surface area contributed by atoms with Crippen LogP contribution in [0.15, 0.2) is 182 Å². The van der Waals surface area contributed by atoms with Crippen LogP contribution in [0.5, 0.6) is 0 Å². The van der Waals surface area contributed by atoms with Crippen LogP contribution in [0.3, 0.4) is 0 Å². The highest BCUT2D eigenvalue weighted by atomic mass is 14.2. The van der Waals surface area contributed by atoms with Crippen molar-refractivity contribution in [3.63, 3.8) is 0 Å². The van der Waals surface area contributed by atoms with E-state index in [9.17, 15) is 0 Å². The fourth-order valence-corrected chi connectivity index (χ4v) is 6.66. The maximum atomic E-state index is 2.41. The van der Waals surface area contributed by atoms with E-state index in [1.165, 1.54) is 77.2 Å². The van der Waals surface area contributed by atoms with Gasteiger partial charge in [-0.25, -0.2) is 0 Å². The van der Waals surface area contributed by atoms with Gasteiger partial charge in [0, 0.05) is 0 Å².